The molecule has 6 nitrogen and oxygen atoms in total. The van der Waals surface area contributed by atoms with E-state index in [0.717, 1.165) is 40.8 Å². The smallest absolute Gasteiger partial charge is 0.252 e. The van der Waals surface area contributed by atoms with Gasteiger partial charge in [0.15, 0.2) is 0 Å². The van der Waals surface area contributed by atoms with Crippen molar-refractivity contribution in [1.82, 2.24) is 15.5 Å². The molecule has 0 spiro atoms. The third kappa shape index (κ3) is 4.98. The van der Waals surface area contributed by atoms with E-state index in [-0.39, 0.29) is 5.91 Å². The number of carbonyl (C=O) groups is 1. The van der Waals surface area contributed by atoms with E-state index in [1.165, 1.54) is 12.8 Å². The Bertz CT molecular complexity index is 982. The number of carbonyl (C=O) groups excluding carboxylic acids is 1. The summed E-state index contributed by atoms with van der Waals surface area (Å²) in [7, 11) is 0. The number of hydrogen-bond donors (Lipinski definition) is 1. The van der Waals surface area contributed by atoms with Gasteiger partial charge in [-0.15, -0.1) is 11.8 Å². The Balaban J connectivity index is 1.39. The van der Waals surface area contributed by atoms with Gasteiger partial charge in [-0.25, -0.2) is 4.98 Å². The minimum Gasteiger partial charge on any atom is -0.360 e. The zero-order valence-electron chi connectivity index (χ0n) is 16.4. The van der Waals surface area contributed by atoms with Crippen LogP contribution in [0.2, 0.25) is 0 Å². The molecule has 0 radical (unpaired) electrons. The predicted octanol–water partition coefficient (Wildman–Crippen LogP) is 4.20. The number of aryl methyl sites for hydroxylation is 1. The molecule has 1 fully saturated rings. The van der Waals surface area contributed by atoms with Crippen LogP contribution in [0.3, 0.4) is 0 Å². The van der Waals surface area contributed by atoms with Crippen molar-refractivity contribution >= 4 is 23.5 Å². The first-order valence-corrected chi connectivity index (χ1v) is 10.8. The van der Waals surface area contributed by atoms with Crippen LogP contribution in [-0.4, -0.2) is 29.1 Å². The number of amides is 1. The van der Waals surface area contributed by atoms with Gasteiger partial charge in [0.05, 0.1) is 17.0 Å². The summed E-state index contributed by atoms with van der Waals surface area (Å²) < 4.78 is 5.26. The highest BCUT2D eigenvalue weighted by Crippen LogP contribution is 2.26. The molecule has 3 aromatic rings. The maximum absolute atomic E-state index is 12.8. The average molecular weight is 409 g/mol. The minimum atomic E-state index is -0.0821. The molecule has 2 aromatic heterocycles. The van der Waals surface area contributed by atoms with Crippen molar-refractivity contribution in [2.45, 2.75) is 37.0 Å². The number of anilines is 1. The minimum absolute atomic E-state index is 0.0821. The fourth-order valence-corrected chi connectivity index (χ4v) is 4.31. The average Bonchev–Trinajstić information content (AvgIpc) is 3.43. The van der Waals surface area contributed by atoms with Crippen molar-refractivity contribution in [2.75, 3.05) is 18.0 Å². The quantitative estimate of drug-likeness (QED) is 0.591. The van der Waals surface area contributed by atoms with Crippen LogP contribution >= 0.6 is 11.8 Å². The van der Waals surface area contributed by atoms with Gasteiger partial charge in [-0.3, -0.25) is 4.79 Å². The molecule has 1 aromatic carbocycles. The fraction of sp³-hybridized carbons (Fsp3) is 0.318. The van der Waals surface area contributed by atoms with Gasteiger partial charge in [0.25, 0.3) is 5.91 Å². The maximum Gasteiger partial charge on any atom is 0.252 e. The molecular formula is C22H24N4O2S. The molecule has 0 atom stereocenters. The van der Waals surface area contributed by atoms with Crippen LogP contribution in [0.5, 0.6) is 0 Å². The summed E-state index contributed by atoms with van der Waals surface area (Å²) in [5.41, 5.74) is 2.58. The molecule has 1 saturated heterocycles. The van der Waals surface area contributed by atoms with Gasteiger partial charge >= 0.3 is 0 Å². The molecule has 1 aliphatic rings. The molecule has 0 unspecified atom stereocenters. The van der Waals surface area contributed by atoms with E-state index >= 15 is 0 Å². The van der Waals surface area contributed by atoms with Crippen LogP contribution in [0.25, 0.3) is 0 Å². The summed E-state index contributed by atoms with van der Waals surface area (Å²) in [5, 5.41) is 6.95. The Kier molecular flexibility index (Phi) is 6.14. The predicted molar refractivity (Wildman–Crippen MR) is 114 cm³/mol. The molecule has 1 amide bonds. The molecule has 4 rings (SSSR count). The summed E-state index contributed by atoms with van der Waals surface area (Å²) in [5.74, 6) is 2.34. The van der Waals surface area contributed by atoms with Crippen LogP contribution < -0.4 is 10.2 Å². The second-order valence-corrected chi connectivity index (χ2v) is 8.14. The SMILES string of the molecule is Cc1cc(CSc2ccccc2C(=O)NCc2ccnc(N3CCCC3)c2)on1. The van der Waals surface area contributed by atoms with Gasteiger partial charge in [0.1, 0.15) is 11.6 Å². The largest absolute Gasteiger partial charge is 0.360 e. The van der Waals surface area contributed by atoms with E-state index in [1.54, 1.807) is 11.8 Å². The van der Waals surface area contributed by atoms with Crippen molar-refractivity contribution in [1.29, 1.82) is 0 Å². The van der Waals surface area contributed by atoms with Crippen LogP contribution in [0.4, 0.5) is 5.82 Å². The number of rotatable bonds is 7. The monoisotopic (exact) mass is 408 g/mol. The van der Waals surface area contributed by atoms with Crippen molar-refractivity contribution in [3.05, 3.63) is 71.2 Å². The highest BCUT2D eigenvalue weighted by molar-refractivity contribution is 7.98. The highest BCUT2D eigenvalue weighted by atomic mass is 32.2. The Morgan fingerprint density at radius 1 is 1.21 bits per heavy atom. The summed E-state index contributed by atoms with van der Waals surface area (Å²) >= 11 is 1.57. The van der Waals surface area contributed by atoms with Crippen LogP contribution in [-0.2, 0) is 12.3 Å². The molecule has 7 heteroatoms. The third-order valence-electron chi connectivity index (χ3n) is 4.87. The number of thioether (sulfide) groups is 1. The van der Waals surface area contributed by atoms with Gasteiger partial charge in [-0.1, -0.05) is 17.3 Å². The number of hydrogen-bond acceptors (Lipinski definition) is 6. The molecule has 150 valence electrons. The number of benzene rings is 1. The van der Waals surface area contributed by atoms with E-state index in [4.69, 9.17) is 4.52 Å². The first kappa shape index (κ1) is 19.5. The Morgan fingerprint density at radius 3 is 2.83 bits per heavy atom. The Morgan fingerprint density at radius 2 is 2.03 bits per heavy atom. The molecule has 0 bridgehead atoms. The zero-order valence-corrected chi connectivity index (χ0v) is 17.2. The third-order valence-corrected chi connectivity index (χ3v) is 5.97. The van der Waals surface area contributed by atoms with E-state index in [0.29, 0.717) is 17.9 Å². The molecule has 1 N–H and O–H groups in total. The van der Waals surface area contributed by atoms with Crippen molar-refractivity contribution in [2.24, 2.45) is 0 Å². The van der Waals surface area contributed by atoms with Crippen molar-refractivity contribution < 1.29 is 9.32 Å². The van der Waals surface area contributed by atoms with E-state index in [2.05, 4.69) is 26.4 Å². The van der Waals surface area contributed by atoms with Crippen molar-refractivity contribution in [3.63, 3.8) is 0 Å². The lowest BCUT2D eigenvalue weighted by atomic mass is 10.2. The Labute approximate surface area is 174 Å². The Hall–Kier alpha value is -2.80. The second kappa shape index (κ2) is 9.13. The van der Waals surface area contributed by atoms with Crippen LogP contribution in [0.15, 0.2) is 58.1 Å². The summed E-state index contributed by atoms with van der Waals surface area (Å²) in [4.78, 5) is 20.5. The summed E-state index contributed by atoms with van der Waals surface area (Å²) in [6.07, 6.45) is 4.24. The molecule has 29 heavy (non-hydrogen) atoms. The summed E-state index contributed by atoms with van der Waals surface area (Å²) in [6.45, 7) is 4.48. The van der Waals surface area contributed by atoms with Gasteiger partial charge in [-0.05, 0) is 49.6 Å². The number of pyridine rings is 1. The fourth-order valence-electron chi connectivity index (χ4n) is 3.38. The molecular weight excluding hydrogens is 384 g/mol. The number of nitrogens with zero attached hydrogens (tertiary/aromatic N) is 3. The molecule has 3 heterocycles. The van der Waals surface area contributed by atoms with E-state index < -0.39 is 0 Å². The zero-order chi connectivity index (χ0) is 20.1. The van der Waals surface area contributed by atoms with E-state index in [1.807, 2.05) is 49.5 Å². The maximum atomic E-state index is 12.8. The first-order valence-electron chi connectivity index (χ1n) is 9.81. The summed E-state index contributed by atoms with van der Waals surface area (Å²) in [6, 6.07) is 13.6. The second-order valence-electron chi connectivity index (χ2n) is 7.12. The normalized spacial score (nSPS) is 13.6. The van der Waals surface area contributed by atoms with Gasteiger partial charge in [0, 0.05) is 36.8 Å². The lowest BCUT2D eigenvalue weighted by molar-refractivity contribution is 0.0948. The molecule has 0 aliphatic carbocycles. The molecule has 0 saturated carbocycles. The highest BCUT2D eigenvalue weighted by Gasteiger charge is 2.15. The van der Waals surface area contributed by atoms with Gasteiger partial charge in [-0.2, -0.15) is 0 Å². The van der Waals surface area contributed by atoms with E-state index in [9.17, 15) is 4.79 Å². The molecule has 1 aliphatic heterocycles. The topological polar surface area (TPSA) is 71.3 Å². The van der Waals surface area contributed by atoms with Crippen molar-refractivity contribution in [3.8, 4) is 0 Å². The van der Waals surface area contributed by atoms with Crippen LogP contribution in [0, 0.1) is 6.92 Å². The van der Waals surface area contributed by atoms with Crippen LogP contribution in [0.1, 0.15) is 40.2 Å². The standard InChI is InChI=1S/C22H24N4O2S/c1-16-12-18(28-25-16)15-29-20-7-3-2-6-19(20)22(27)24-14-17-8-9-23-21(13-17)26-10-4-5-11-26/h2-3,6-9,12-13H,4-5,10-11,14-15H2,1H3,(H,24,27). The lowest BCUT2D eigenvalue weighted by Crippen LogP contribution is -2.24. The van der Waals surface area contributed by atoms with Gasteiger partial charge in [0.2, 0.25) is 0 Å². The first-order chi connectivity index (χ1) is 14.2. The lowest BCUT2D eigenvalue weighted by Gasteiger charge is -2.17. The number of nitrogens with one attached hydrogen (secondary N) is 1. The van der Waals surface area contributed by atoms with Gasteiger partial charge < -0.3 is 14.7 Å². The number of aromatic nitrogens is 2.